The molecule has 0 atom stereocenters. The Hall–Kier alpha value is -2.73. The zero-order valence-corrected chi connectivity index (χ0v) is 16.7. The van der Waals surface area contributed by atoms with Crippen molar-refractivity contribution >= 4 is 22.5 Å². The Morgan fingerprint density at radius 2 is 1.89 bits per heavy atom. The van der Waals surface area contributed by atoms with E-state index in [4.69, 9.17) is 0 Å². The number of anilines is 1. The molecular formula is C22H27N5O. The van der Waals surface area contributed by atoms with Gasteiger partial charge in [0.25, 0.3) is 0 Å². The van der Waals surface area contributed by atoms with Crippen LogP contribution in [0, 0.1) is 5.92 Å². The maximum absolute atomic E-state index is 12.7. The maximum atomic E-state index is 12.7. The molecule has 0 saturated carbocycles. The molecular weight excluding hydrogens is 350 g/mol. The molecule has 3 heterocycles. The third-order valence-electron chi connectivity index (χ3n) is 5.64. The van der Waals surface area contributed by atoms with Crippen LogP contribution in [0.3, 0.4) is 0 Å². The van der Waals surface area contributed by atoms with Crippen LogP contribution in [0.15, 0.2) is 42.9 Å². The third kappa shape index (κ3) is 3.92. The molecule has 1 amide bonds. The van der Waals surface area contributed by atoms with Gasteiger partial charge < -0.3 is 10.2 Å². The van der Waals surface area contributed by atoms with Gasteiger partial charge in [0, 0.05) is 42.4 Å². The number of carbonyl (C=O) groups is 1. The lowest BCUT2D eigenvalue weighted by atomic mass is 9.95. The molecule has 1 aliphatic rings. The van der Waals surface area contributed by atoms with Crippen LogP contribution >= 0.6 is 0 Å². The number of aromatic nitrogens is 3. The van der Waals surface area contributed by atoms with E-state index in [9.17, 15) is 4.79 Å². The fraction of sp³-hybridized carbons (Fsp3) is 0.409. The molecule has 6 heteroatoms. The van der Waals surface area contributed by atoms with Crippen molar-refractivity contribution in [3.8, 4) is 11.1 Å². The second-order valence-electron chi connectivity index (χ2n) is 7.93. The molecule has 1 aromatic carbocycles. The molecule has 146 valence electrons. The molecule has 0 spiro atoms. The number of hydrogen-bond acceptors (Lipinski definition) is 4. The second kappa shape index (κ2) is 7.72. The zero-order chi connectivity index (χ0) is 19.7. The van der Waals surface area contributed by atoms with Gasteiger partial charge in [0.15, 0.2) is 0 Å². The highest BCUT2D eigenvalue weighted by Gasteiger charge is 2.26. The summed E-state index contributed by atoms with van der Waals surface area (Å²) >= 11 is 0. The van der Waals surface area contributed by atoms with Crippen molar-refractivity contribution in [3.05, 3.63) is 42.9 Å². The largest absolute Gasteiger partial charge is 0.310 e. The van der Waals surface area contributed by atoms with Crippen LogP contribution in [-0.2, 0) is 11.8 Å². The minimum absolute atomic E-state index is 0.0641. The average molecular weight is 377 g/mol. The van der Waals surface area contributed by atoms with Crippen LogP contribution in [0.2, 0.25) is 0 Å². The summed E-state index contributed by atoms with van der Waals surface area (Å²) in [4.78, 5) is 19.6. The summed E-state index contributed by atoms with van der Waals surface area (Å²) in [5.74, 6) is 0.764. The summed E-state index contributed by atoms with van der Waals surface area (Å²) in [6.45, 7) is 6.38. The highest BCUT2D eigenvalue weighted by molar-refractivity contribution is 5.95. The molecule has 4 rings (SSSR count). The van der Waals surface area contributed by atoms with Gasteiger partial charge in [-0.1, -0.05) is 12.1 Å². The standard InChI is InChI=1S/C22H27N5O/c1-15(2)27-8-6-16(7-9-27)22(28)25-21-11-19-10-17(4-5-18(19)12-23-21)20-13-24-26(3)14-20/h4-5,10-16H,6-9H2,1-3H3,(H,23,25,28). The van der Waals surface area contributed by atoms with Gasteiger partial charge in [-0.15, -0.1) is 0 Å². The molecule has 28 heavy (non-hydrogen) atoms. The summed E-state index contributed by atoms with van der Waals surface area (Å²) in [6.07, 6.45) is 7.48. The van der Waals surface area contributed by atoms with Crippen molar-refractivity contribution < 1.29 is 4.79 Å². The van der Waals surface area contributed by atoms with Crippen LogP contribution in [0.1, 0.15) is 26.7 Å². The Labute approximate surface area is 165 Å². The molecule has 1 saturated heterocycles. The summed E-state index contributed by atoms with van der Waals surface area (Å²) in [5, 5.41) is 9.38. The predicted molar refractivity (Wildman–Crippen MR) is 112 cm³/mol. The lowest BCUT2D eigenvalue weighted by Crippen LogP contribution is -2.41. The highest BCUT2D eigenvalue weighted by atomic mass is 16.1. The van der Waals surface area contributed by atoms with Crippen LogP contribution in [0.25, 0.3) is 21.9 Å². The monoisotopic (exact) mass is 377 g/mol. The first-order chi connectivity index (χ1) is 13.5. The number of nitrogens with zero attached hydrogens (tertiary/aromatic N) is 4. The molecule has 0 unspecified atom stereocenters. The van der Waals surface area contributed by atoms with Crippen molar-refractivity contribution in [3.63, 3.8) is 0 Å². The van der Waals surface area contributed by atoms with Gasteiger partial charge in [-0.3, -0.25) is 9.48 Å². The lowest BCUT2D eigenvalue weighted by Gasteiger charge is -2.33. The van der Waals surface area contributed by atoms with E-state index in [-0.39, 0.29) is 11.8 Å². The molecule has 0 bridgehead atoms. The first-order valence-electron chi connectivity index (χ1n) is 9.93. The van der Waals surface area contributed by atoms with E-state index in [1.165, 1.54) is 0 Å². The number of amides is 1. The smallest absolute Gasteiger partial charge is 0.228 e. The molecule has 2 aromatic heterocycles. The zero-order valence-electron chi connectivity index (χ0n) is 16.7. The van der Waals surface area contributed by atoms with Gasteiger partial charge >= 0.3 is 0 Å². The number of aryl methyl sites for hydroxylation is 1. The van der Waals surface area contributed by atoms with E-state index in [0.29, 0.717) is 11.9 Å². The van der Waals surface area contributed by atoms with Gasteiger partial charge in [-0.05, 0) is 62.9 Å². The van der Waals surface area contributed by atoms with Gasteiger partial charge in [0.2, 0.25) is 5.91 Å². The van der Waals surface area contributed by atoms with E-state index >= 15 is 0 Å². The number of piperidine rings is 1. The Morgan fingerprint density at radius 3 is 2.57 bits per heavy atom. The molecule has 6 nitrogen and oxygen atoms in total. The number of fused-ring (bicyclic) bond motifs is 1. The highest BCUT2D eigenvalue weighted by Crippen LogP contribution is 2.26. The Balaban J connectivity index is 1.49. The predicted octanol–water partition coefficient (Wildman–Crippen LogP) is 3.69. The van der Waals surface area contributed by atoms with Crippen molar-refractivity contribution in [2.75, 3.05) is 18.4 Å². The number of likely N-dealkylation sites (tertiary alicyclic amines) is 1. The SMILES string of the molecule is CC(C)N1CCC(C(=O)Nc2cc3cc(-c4cnn(C)c4)ccc3cn2)CC1. The first kappa shape index (κ1) is 18.6. The van der Waals surface area contributed by atoms with Crippen LogP contribution in [0.5, 0.6) is 0 Å². The third-order valence-corrected chi connectivity index (χ3v) is 5.64. The van der Waals surface area contributed by atoms with Crippen LogP contribution in [0.4, 0.5) is 5.82 Å². The number of hydrogen-bond donors (Lipinski definition) is 1. The van der Waals surface area contributed by atoms with Crippen LogP contribution < -0.4 is 5.32 Å². The molecule has 1 aliphatic heterocycles. The number of rotatable bonds is 4. The normalized spacial score (nSPS) is 16.0. The molecule has 1 N–H and O–H groups in total. The quantitative estimate of drug-likeness (QED) is 0.753. The van der Waals surface area contributed by atoms with Gasteiger partial charge in [-0.2, -0.15) is 5.10 Å². The number of benzene rings is 1. The Morgan fingerprint density at radius 1 is 1.11 bits per heavy atom. The minimum Gasteiger partial charge on any atom is -0.310 e. The molecule has 1 fully saturated rings. The molecule has 0 radical (unpaired) electrons. The van der Waals surface area contributed by atoms with Gasteiger partial charge in [0.05, 0.1) is 6.20 Å². The van der Waals surface area contributed by atoms with E-state index < -0.39 is 0 Å². The fourth-order valence-corrected chi connectivity index (χ4v) is 3.87. The number of pyridine rings is 1. The summed E-state index contributed by atoms with van der Waals surface area (Å²) in [6, 6.07) is 8.74. The second-order valence-corrected chi connectivity index (χ2v) is 7.93. The minimum atomic E-state index is 0.0641. The van der Waals surface area contributed by atoms with E-state index in [1.807, 2.05) is 31.7 Å². The summed E-state index contributed by atoms with van der Waals surface area (Å²) < 4.78 is 1.79. The Bertz CT molecular complexity index is 986. The Kier molecular flexibility index (Phi) is 5.13. The van der Waals surface area contributed by atoms with Crippen LogP contribution in [-0.4, -0.2) is 44.7 Å². The summed E-state index contributed by atoms with van der Waals surface area (Å²) in [5.41, 5.74) is 2.17. The van der Waals surface area contributed by atoms with E-state index in [2.05, 4.69) is 52.3 Å². The summed E-state index contributed by atoms with van der Waals surface area (Å²) in [7, 11) is 1.91. The number of nitrogens with one attached hydrogen (secondary N) is 1. The first-order valence-corrected chi connectivity index (χ1v) is 9.93. The lowest BCUT2D eigenvalue weighted by molar-refractivity contribution is -0.121. The van der Waals surface area contributed by atoms with Crippen molar-refractivity contribution in [2.24, 2.45) is 13.0 Å². The van der Waals surface area contributed by atoms with Gasteiger partial charge in [-0.25, -0.2) is 4.98 Å². The molecule has 3 aromatic rings. The fourth-order valence-electron chi connectivity index (χ4n) is 3.87. The van der Waals surface area contributed by atoms with Crippen molar-refractivity contribution in [1.82, 2.24) is 19.7 Å². The topological polar surface area (TPSA) is 63.1 Å². The average Bonchev–Trinajstić information content (AvgIpc) is 3.14. The van der Waals surface area contributed by atoms with E-state index in [0.717, 1.165) is 47.8 Å². The molecule has 0 aliphatic carbocycles. The van der Waals surface area contributed by atoms with E-state index in [1.54, 1.807) is 4.68 Å². The van der Waals surface area contributed by atoms with Crippen molar-refractivity contribution in [2.45, 2.75) is 32.7 Å². The maximum Gasteiger partial charge on any atom is 0.228 e. The van der Waals surface area contributed by atoms with Gasteiger partial charge in [0.1, 0.15) is 5.82 Å². The van der Waals surface area contributed by atoms with Crippen molar-refractivity contribution in [1.29, 1.82) is 0 Å². The number of carbonyl (C=O) groups excluding carboxylic acids is 1.